The summed E-state index contributed by atoms with van der Waals surface area (Å²) in [6, 6.07) is 29.1. The van der Waals surface area contributed by atoms with Gasteiger partial charge in [-0.25, -0.2) is 5.48 Å². The Morgan fingerprint density at radius 2 is 1.49 bits per heavy atom. The van der Waals surface area contributed by atoms with Gasteiger partial charge in [0.1, 0.15) is 0 Å². The molecular weight excluding hydrogens is 538 g/mol. The standard InChI is InChI=1S/C19H26N2.C15H22N2O.CH3NO2/c1-16-8-7-11-19(12-16)13-20-17(2)14-21(3)15-18-9-5-4-6-10-18;1-12-4-6-15(7-5-12)10-16-8-13(2)17(11-18)14(3)9-16;3-1-2-4/h4-12,17,20H,13-15H2,1-3H3;4-7,11,13-14H,8-10H2,1-3H3;1,4H,(H,2,3). The molecule has 3 N–H and O–H groups in total. The van der Waals surface area contributed by atoms with Crippen LogP contribution in [0, 0.1) is 13.8 Å². The number of hydrogen-bond acceptors (Lipinski definition) is 6. The van der Waals surface area contributed by atoms with Crippen LogP contribution < -0.4 is 10.8 Å². The molecule has 8 nitrogen and oxygen atoms in total. The van der Waals surface area contributed by atoms with Crippen molar-refractivity contribution in [1.29, 1.82) is 0 Å². The second-order valence-corrected chi connectivity index (χ2v) is 11.6. The van der Waals surface area contributed by atoms with Crippen LogP contribution in [-0.4, -0.2) is 77.5 Å². The number of benzene rings is 3. The van der Waals surface area contributed by atoms with Crippen molar-refractivity contribution in [2.75, 3.05) is 26.7 Å². The Bertz CT molecular complexity index is 1180. The van der Waals surface area contributed by atoms with Crippen molar-refractivity contribution in [2.45, 2.75) is 72.4 Å². The molecule has 0 aromatic heterocycles. The molecule has 1 saturated heterocycles. The first kappa shape index (κ1) is 35.6. The Labute approximate surface area is 258 Å². The predicted octanol–water partition coefficient (Wildman–Crippen LogP) is 4.77. The Kier molecular flexibility index (Phi) is 16.2. The minimum absolute atomic E-state index is 0.181. The molecule has 2 amide bonds. The number of hydrogen-bond donors (Lipinski definition) is 3. The topological polar surface area (TPSA) is 88.2 Å². The van der Waals surface area contributed by atoms with Crippen molar-refractivity contribution in [1.82, 2.24) is 25.5 Å². The fourth-order valence-corrected chi connectivity index (χ4v) is 5.34. The SMILES string of the molecule is Cc1ccc(CN2CC(C)N(C=O)C(C)C2)cc1.Cc1cccc(CNC(C)CN(C)Cc2ccccc2)c1.O=CNO. The van der Waals surface area contributed by atoms with Crippen molar-refractivity contribution < 1.29 is 14.8 Å². The third-order valence-corrected chi connectivity index (χ3v) is 7.38. The molecule has 1 aliphatic rings. The molecule has 3 atom stereocenters. The largest absolute Gasteiger partial charge is 0.337 e. The molecule has 1 heterocycles. The Balaban J connectivity index is 0.000000269. The zero-order valence-electron chi connectivity index (χ0n) is 26.7. The Hall–Kier alpha value is -3.56. The monoisotopic (exact) mass is 589 g/mol. The van der Waals surface area contributed by atoms with Gasteiger partial charge in [0.05, 0.1) is 0 Å². The molecule has 1 fully saturated rings. The lowest BCUT2D eigenvalue weighted by Crippen LogP contribution is -2.55. The fourth-order valence-electron chi connectivity index (χ4n) is 5.34. The maximum Gasteiger partial charge on any atom is 0.230 e. The summed E-state index contributed by atoms with van der Waals surface area (Å²) < 4.78 is 0. The molecule has 0 radical (unpaired) electrons. The van der Waals surface area contributed by atoms with Gasteiger partial charge < -0.3 is 15.1 Å². The highest BCUT2D eigenvalue weighted by Gasteiger charge is 2.27. The van der Waals surface area contributed by atoms with Crippen molar-refractivity contribution in [2.24, 2.45) is 0 Å². The van der Waals surface area contributed by atoms with Crippen LogP contribution in [-0.2, 0) is 29.2 Å². The molecule has 0 bridgehead atoms. The number of rotatable bonds is 11. The van der Waals surface area contributed by atoms with E-state index in [1.165, 1.54) is 33.3 Å². The minimum atomic E-state index is 0.181. The summed E-state index contributed by atoms with van der Waals surface area (Å²) in [6.07, 6.45) is 1.17. The smallest absolute Gasteiger partial charge is 0.230 e. The van der Waals surface area contributed by atoms with E-state index in [-0.39, 0.29) is 6.41 Å². The molecule has 0 spiro atoms. The van der Waals surface area contributed by atoms with E-state index in [0.29, 0.717) is 18.1 Å². The summed E-state index contributed by atoms with van der Waals surface area (Å²) in [5, 5.41) is 10.9. The second-order valence-electron chi connectivity index (χ2n) is 11.6. The summed E-state index contributed by atoms with van der Waals surface area (Å²) in [5.41, 5.74) is 7.94. The molecule has 3 aromatic rings. The Morgan fingerprint density at radius 3 is 2.05 bits per heavy atom. The summed E-state index contributed by atoms with van der Waals surface area (Å²) in [5.74, 6) is 0. The number of carbonyl (C=O) groups excluding carboxylic acids is 2. The van der Waals surface area contributed by atoms with Crippen LogP contribution in [0.2, 0.25) is 0 Å². The molecule has 0 saturated carbocycles. The molecule has 3 aromatic carbocycles. The fraction of sp³-hybridized carbons (Fsp3) is 0.429. The summed E-state index contributed by atoms with van der Waals surface area (Å²) in [7, 11) is 2.18. The third kappa shape index (κ3) is 14.0. The highest BCUT2D eigenvalue weighted by molar-refractivity contribution is 5.48. The van der Waals surface area contributed by atoms with E-state index in [1.807, 2.05) is 4.90 Å². The van der Waals surface area contributed by atoms with Crippen LogP contribution in [0.25, 0.3) is 0 Å². The first-order valence-electron chi connectivity index (χ1n) is 15.0. The highest BCUT2D eigenvalue weighted by Crippen LogP contribution is 2.16. The van der Waals surface area contributed by atoms with E-state index >= 15 is 0 Å². The zero-order chi connectivity index (χ0) is 31.6. The van der Waals surface area contributed by atoms with Crippen molar-refractivity contribution in [3.63, 3.8) is 0 Å². The first-order chi connectivity index (χ1) is 20.6. The number of amides is 2. The van der Waals surface area contributed by atoms with Crippen molar-refractivity contribution in [3.05, 3.63) is 107 Å². The molecule has 4 rings (SSSR count). The van der Waals surface area contributed by atoms with E-state index in [4.69, 9.17) is 10.0 Å². The van der Waals surface area contributed by atoms with Gasteiger partial charge in [0.2, 0.25) is 12.8 Å². The first-order valence-corrected chi connectivity index (χ1v) is 15.0. The maximum absolute atomic E-state index is 11.0. The number of nitrogens with one attached hydrogen (secondary N) is 2. The normalized spacial score (nSPS) is 17.2. The van der Waals surface area contributed by atoms with Crippen LogP contribution in [0.15, 0.2) is 78.9 Å². The second kappa shape index (κ2) is 19.6. The predicted molar refractivity (Wildman–Crippen MR) is 175 cm³/mol. The number of hydroxylamine groups is 1. The van der Waals surface area contributed by atoms with Gasteiger partial charge in [0.25, 0.3) is 0 Å². The highest BCUT2D eigenvalue weighted by atomic mass is 16.5. The maximum atomic E-state index is 11.0. The van der Waals surface area contributed by atoms with Gasteiger partial charge in [-0.15, -0.1) is 0 Å². The van der Waals surface area contributed by atoms with Gasteiger partial charge in [0, 0.05) is 57.4 Å². The molecule has 1 aliphatic heterocycles. The number of aryl methyl sites for hydroxylation is 2. The van der Waals surface area contributed by atoms with E-state index in [1.54, 1.807) is 0 Å². The third-order valence-electron chi connectivity index (χ3n) is 7.38. The van der Waals surface area contributed by atoms with Crippen LogP contribution >= 0.6 is 0 Å². The molecule has 43 heavy (non-hydrogen) atoms. The van der Waals surface area contributed by atoms with Gasteiger partial charge >= 0.3 is 0 Å². The van der Waals surface area contributed by atoms with Crippen molar-refractivity contribution in [3.8, 4) is 0 Å². The molecular formula is C35H51N5O3. The van der Waals surface area contributed by atoms with Crippen LogP contribution in [0.5, 0.6) is 0 Å². The van der Waals surface area contributed by atoms with E-state index in [2.05, 4.69) is 136 Å². The lowest BCUT2D eigenvalue weighted by molar-refractivity contribution is -0.125. The van der Waals surface area contributed by atoms with Crippen LogP contribution in [0.4, 0.5) is 0 Å². The van der Waals surface area contributed by atoms with Crippen LogP contribution in [0.1, 0.15) is 48.6 Å². The van der Waals surface area contributed by atoms with Gasteiger partial charge in [0.15, 0.2) is 0 Å². The Morgan fingerprint density at radius 1 is 0.884 bits per heavy atom. The van der Waals surface area contributed by atoms with Gasteiger partial charge in [-0.2, -0.15) is 0 Å². The average molecular weight is 590 g/mol. The van der Waals surface area contributed by atoms with Gasteiger partial charge in [-0.05, 0) is 58.4 Å². The number of likely N-dealkylation sites (N-methyl/N-ethyl adjacent to an activating group) is 1. The van der Waals surface area contributed by atoms with E-state index < -0.39 is 0 Å². The minimum Gasteiger partial charge on any atom is -0.337 e. The van der Waals surface area contributed by atoms with Crippen molar-refractivity contribution >= 4 is 12.8 Å². The van der Waals surface area contributed by atoms with Gasteiger partial charge in [-0.1, -0.05) is 90.0 Å². The number of carbonyl (C=O) groups is 2. The van der Waals surface area contributed by atoms with E-state index in [9.17, 15) is 4.79 Å². The summed E-state index contributed by atoms with van der Waals surface area (Å²) in [6.45, 7) is 16.6. The molecule has 3 unspecified atom stereocenters. The van der Waals surface area contributed by atoms with E-state index in [0.717, 1.165) is 45.7 Å². The summed E-state index contributed by atoms with van der Waals surface area (Å²) in [4.78, 5) is 26.5. The molecule has 234 valence electrons. The molecule has 8 heteroatoms. The van der Waals surface area contributed by atoms with Crippen LogP contribution in [0.3, 0.4) is 0 Å². The zero-order valence-corrected chi connectivity index (χ0v) is 26.7. The average Bonchev–Trinajstić information content (AvgIpc) is 2.98. The quantitative estimate of drug-likeness (QED) is 0.170. The number of nitrogens with zero attached hydrogens (tertiary/aromatic N) is 3. The molecule has 0 aliphatic carbocycles. The summed E-state index contributed by atoms with van der Waals surface area (Å²) >= 11 is 0. The van der Waals surface area contributed by atoms with Gasteiger partial charge in [-0.3, -0.25) is 19.7 Å². The lowest BCUT2D eigenvalue weighted by atomic mass is 10.1. The number of piperazine rings is 1. The lowest BCUT2D eigenvalue weighted by Gasteiger charge is -2.42.